The van der Waals surface area contributed by atoms with Gasteiger partial charge in [0.1, 0.15) is 0 Å². The molecule has 0 aliphatic carbocycles. The molecule has 1 aromatic heterocycles. The fourth-order valence-corrected chi connectivity index (χ4v) is 1.73. The highest BCUT2D eigenvalue weighted by Crippen LogP contribution is 2.22. The van der Waals surface area contributed by atoms with Crippen molar-refractivity contribution in [3.63, 3.8) is 0 Å². The number of nitrogens with two attached hydrogens (primary N) is 1. The lowest BCUT2D eigenvalue weighted by molar-refractivity contribution is 0.0123. The Kier molecular flexibility index (Phi) is 4.10. The first-order valence-electron chi connectivity index (χ1n) is 5.67. The van der Waals surface area contributed by atoms with Crippen LogP contribution in [0.5, 0.6) is 0 Å². The van der Waals surface area contributed by atoms with E-state index in [4.69, 9.17) is 10.5 Å². The average Bonchev–Trinajstić information content (AvgIpc) is 2.54. The Morgan fingerprint density at radius 2 is 2.19 bits per heavy atom. The first kappa shape index (κ1) is 13.2. The van der Waals surface area contributed by atoms with Crippen LogP contribution in [0.15, 0.2) is 6.07 Å². The van der Waals surface area contributed by atoms with Gasteiger partial charge in [-0.1, -0.05) is 0 Å². The SMILES string of the molecule is COC(C)(C)CCC(N)c1cc(C)nn1C. The summed E-state index contributed by atoms with van der Waals surface area (Å²) >= 11 is 0. The first-order chi connectivity index (χ1) is 7.35. The van der Waals surface area contributed by atoms with Crippen LogP contribution in [0.3, 0.4) is 0 Å². The second kappa shape index (κ2) is 4.97. The Morgan fingerprint density at radius 1 is 1.56 bits per heavy atom. The molecule has 1 atom stereocenters. The molecule has 92 valence electrons. The molecule has 0 aliphatic rings. The monoisotopic (exact) mass is 225 g/mol. The molecular formula is C12H23N3O. The van der Waals surface area contributed by atoms with Gasteiger partial charge in [0.25, 0.3) is 0 Å². The topological polar surface area (TPSA) is 53.1 Å². The molecule has 2 N–H and O–H groups in total. The molecule has 4 heteroatoms. The number of methoxy groups -OCH3 is 1. The third-order valence-electron chi connectivity index (χ3n) is 3.03. The molecule has 0 fully saturated rings. The molecule has 0 radical (unpaired) electrons. The first-order valence-corrected chi connectivity index (χ1v) is 5.67. The van der Waals surface area contributed by atoms with Crippen LogP contribution in [-0.4, -0.2) is 22.5 Å². The van der Waals surface area contributed by atoms with E-state index in [-0.39, 0.29) is 11.6 Å². The molecule has 4 nitrogen and oxygen atoms in total. The summed E-state index contributed by atoms with van der Waals surface area (Å²) in [6.07, 6.45) is 1.84. The summed E-state index contributed by atoms with van der Waals surface area (Å²) in [5.41, 5.74) is 8.15. The Balaban J connectivity index is 2.59. The number of aryl methyl sites for hydroxylation is 2. The molecule has 0 aliphatic heterocycles. The van der Waals surface area contributed by atoms with E-state index in [2.05, 4.69) is 18.9 Å². The van der Waals surface area contributed by atoms with Gasteiger partial charge in [-0.05, 0) is 39.7 Å². The van der Waals surface area contributed by atoms with Crippen molar-refractivity contribution in [2.24, 2.45) is 12.8 Å². The minimum absolute atomic E-state index is 0.0284. The predicted octanol–water partition coefficient (Wildman–Crippen LogP) is 1.93. The van der Waals surface area contributed by atoms with E-state index in [9.17, 15) is 0 Å². The molecule has 1 rings (SSSR count). The number of hydrogen-bond acceptors (Lipinski definition) is 3. The molecule has 0 spiro atoms. The lowest BCUT2D eigenvalue weighted by Gasteiger charge is -2.24. The molecule has 1 unspecified atom stereocenters. The third-order valence-corrected chi connectivity index (χ3v) is 3.03. The molecule has 0 aromatic carbocycles. The van der Waals surface area contributed by atoms with Gasteiger partial charge >= 0.3 is 0 Å². The van der Waals surface area contributed by atoms with E-state index in [1.807, 2.05) is 24.7 Å². The number of aromatic nitrogens is 2. The maximum absolute atomic E-state index is 6.15. The van der Waals surface area contributed by atoms with Crippen molar-refractivity contribution in [2.45, 2.75) is 45.3 Å². The Morgan fingerprint density at radius 3 is 2.62 bits per heavy atom. The van der Waals surface area contributed by atoms with Crippen LogP contribution in [0.1, 0.15) is 44.1 Å². The summed E-state index contributed by atoms with van der Waals surface area (Å²) in [6, 6.07) is 2.07. The van der Waals surface area contributed by atoms with Crippen LogP contribution in [0.4, 0.5) is 0 Å². The van der Waals surface area contributed by atoms with Gasteiger partial charge in [0.15, 0.2) is 0 Å². The quantitative estimate of drug-likeness (QED) is 0.833. The van der Waals surface area contributed by atoms with Crippen LogP contribution in [0, 0.1) is 6.92 Å². The van der Waals surface area contributed by atoms with Crippen molar-refractivity contribution in [3.05, 3.63) is 17.5 Å². The van der Waals surface area contributed by atoms with Crippen molar-refractivity contribution in [2.75, 3.05) is 7.11 Å². The average molecular weight is 225 g/mol. The summed E-state index contributed by atoms with van der Waals surface area (Å²) in [7, 11) is 3.67. The smallest absolute Gasteiger partial charge is 0.0623 e. The highest BCUT2D eigenvalue weighted by molar-refractivity contribution is 5.12. The second-order valence-corrected chi connectivity index (χ2v) is 4.94. The van der Waals surface area contributed by atoms with Gasteiger partial charge in [0.2, 0.25) is 0 Å². The summed E-state index contributed by atoms with van der Waals surface area (Å²) in [4.78, 5) is 0. The van der Waals surface area contributed by atoms with E-state index in [1.54, 1.807) is 7.11 Å². The zero-order valence-corrected chi connectivity index (χ0v) is 10.9. The Bertz CT molecular complexity index is 344. The van der Waals surface area contributed by atoms with Gasteiger partial charge in [0.05, 0.1) is 17.0 Å². The van der Waals surface area contributed by atoms with E-state index in [0.717, 1.165) is 24.2 Å². The maximum Gasteiger partial charge on any atom is 0.0623 e. The van der Waals surface area contributed by atoms with Crippen LogP contribution in [0.2, 0.25) is 0 Å². The summed E-state index contributed by atoms with van der Waals surface area (Å²) in [6.45, 7) is 6.14. The number of rotatable bonds is 5. The van der Waals surface area contributed by atoms with Crippen LogP contribution in [-0.2, 0) is 11.8 Å². The van der Waals surface area contributed by atoms with Crippen LogP contribution < -0.4 is 5.73 Å². The van der Waals surface area contributed by atoms with Gasteiger partial charge in [0, 0.05) is 20.2 Å². The molecule has 1 aromatic rings. The molecule has 0 saturated heterocycles. The molecule has 0 bridgehead atoms. The fraction of sp³-hybridized carbons (Fsp3) is 0.750. The van der Waals surface area contributed by atoms with Gasteiger partial charge in [-0.25, -0.2) is 0 Å². The minimum Gasteiger partial charge on any atom is -0.379 e. The van der Waals surface area contributed by atoms with Crippen molar-refractivity contribution in [1.29, 1.82) is 0 Å². The van der Waals surface area contributed by atoms with Crippen molar-refractivity contribution in [3.8, 4) is 0 Å². The second-order valence-electron chi connectivity index (χ2n) is 4.94. The minimum atomic E-state index is -0.106. The fourth-order valence-electron chi connectivity index (χ4n) is 1.73. The Labute approximate surface area is 97.8 Å². The van der Waals surface area contributed by atoms with E-state index >= 15 is 0 Å². The summed E-state index contributed by atoms with van der Waals surface area (Å²) in [5, 5.41) is 4.30. The molecule has 0 amide bonds. The van der Waals surface area contributed by atoms with Crippen molar-refractivity contribution in [1.82, 2.24) is 9.78 Å². The van der Waals surface area contributed by atoms with E-state index in [0.29, 0.717) is 0 Å². The third kappa shape index (κ3) is 3.32. The van der Waals surface area contributed by atoms with Gasteiger partial charge in [-0.15, -0.1) is 0 Å². The maximum atomic E-state index is 6.15. The van der Waals surface area contributed by atoms with Gasteiger partial charge in [-0.3, -0.25) is 4.68 Å². The van der Waals surface area contributed by atoms with Crippen molar-refractivity contribution >= 4 is 0 Å². The molecule has 0 saturated carbocycles. The highest BCUT2D eigenvalue weighted by atomic mass is 16.5. The summed E-state index contributed by atoms with van der Waals surface area (Å²) in [5.74, 6) is 0. The van der Waals surface area contributed by atoms with Gasteiger partial charge in [-0.2, -0.15) is 5.10 Å². The predicted molar refractivity (Wildman–Crippen MR) is 65.2 cm³/mol. The molecular weight excluding hydrogens is 202 g/mol. The van der Waals surface area contributed by atoms with Crippen LogP contribution in [0.25, 0.3) is 0 Å². The normalized spacial score (nSPS) is 14.1. The zero-order valence-electron chi connectivity index (χ0n) is 10.9. The van der Waals surface area contributed by atoms with Crippen LogP contribution >= 0.6 is 0 Å². The summed E-state index contributed by atoms with van der Waals surface area (Å²) < 4.78 is 7.24. The number of hydrogen-bond donors (Lipinski definition) is 1. The highest BCUT2D eigenvalue weighted by Gasteiger charge is 2.19. The number of ether oxygens (including phenoxy) is 1. The lowest BCUT2D eigenvalue weighted by atomic mass is 9.98. The molecule has 1 heterocycles. The largest absolute Gasteiger partial charge is 0.379 e. The van der Waals surface area contributed by atoms with E-state index < -0.39 is 0 Å². The van der Waals surface area contributed by atoms with Crippen molar-refractivity contribution < 1.29 is 4.74 Å². The van der Waals surface area contributed by atoms with E-state index in [1.165, 1.54) is 0 Å². The van der Waals surface area contributed by atoms with Gasteiger partial charge < -0.3 is 10.5 Å². The zero-order chi connectivity index (χ0) is 12.3. The lowest BCUT2D eigenvalue weighted by Crippen LogP contribution is -2.25. The standard InChI is InChI=1S/C12H23N3O/c1-9-8-11(15(4)14-9)10(13)6-7-12(2,3)16-5/h8,10H,6-7,13H2,1-5H3. The Hall–Kier alpha value is -0.870. The molecule has 16 heavy (non-hydrogen) atoms. The number of nitrogens with zero attached hydrogens (tertiary/aromatic N) is 2.